The predicted octanol–water partition coefficient (Wildman–Crippen LogP) is 3.23. The van der Waals surface area contributed by atoms with Gasteiger partial charge in [-0.2, -0.15) is 0 Å². The van der Waals surface area contributed by atoms with Gasteiger partial charge in [-0.3, -0.25) is 4.79 Å². The summed E-state index contributed by atoms with van der Waals surface area (Å²) in [7, 11) is 0. The number of rotatable bonds is 2. The first kappa shape index (κ1) is 14.1. The van der Waals surface area contributed by atoms with Gasteiger partial charge in [-0.25, -0.2) is 0 Å². The zero-order chi connectivity index (χ0) is 13.1. The minimum atomic E-state index is -0.0628. The molecule has 1 fully saturated rings. The van der Waals surface area contributed by atoms with E-state index in [1.807, 2.05) is 0 Å². The molecule has 6 heteroatoms. The zero-order valence-electron chi connectivity index (χ0n) is 9.54. The highest BCUT2D eigenvalue weighted by Crippen LogP contribution is 2.22. The molecule has 1 aliphatic heterocycles. The number of morpholine rings is 1. The van der Waals surface area contributed by atoms with Gasteiger partial charge in [0.05, 0.1) is 19.3 Å². The maximum atomic E-state index is 12.4. The Kier molecular flexibility index (Phi) is 4.90. The van der Waals surface area contributed by atoms with Crippen LogP contribution in [0.25, 0.3) is 0 Å². The van der Waals surface area contributed by atoms with Crippen LogP contribution < -0.4 is 0 Å². The van der Waals surface area contributed by atoms with Gasteiger partial charge < -0.3 is 9.64 Å². The largest absolute Gasteiger partial charge is 0.377 e. The van der Waals surface area contributed by atoms with E-state index in [0.29, 0.717) is 40.7 Å². The number of benzene rings is 1. The van der Waals surface area contributed by atoms with Crippen LogP contribution in [-0.4, -0.2) is 41.9 Å². The standard InChI is InChI=1S/C12H12BrCl2NO2/c13-6-11-7-18-2-1-16(11)12(17)8-3-9(14)5-10(15)4-8/h3-5,11H,1-2,6-7H2. The van der Waals surface area contributed by atoms with Crippen molar-refractivity contribution < 1.29 is 9.53 Å². The highest BCUT2D eigenvalue weighted by molar-refractivity contribution is 9.09. The number of alkyl halides is 1. The van der Waals surface area contributed by atoms with Gasteiger partial charge in [0, 0.05) is 27.5 Å². The highest BCUT2D eigenvalue weighted by atomic mass is 79.9. The monoisotopic (exact) mass is 351 g/mol. The Labute approximate surface area is 124 Å². The average molecular weight is 353 g/mol. The Hall–Kier alpha value is -0.290. The molecule has 0 N–H and O–H groups in total. The molecular weight excluding hydrogens is 341 g/mol. The molecule has 0 bridgehead atoms. The van der Waals surface area contributed by atoms with Crippen LogP contribution in [0.1, 0.15) is 10.4 Å². The third-order valence-electron chi connectivity index (χ3n) is 2.78. The molecule has 0 saturated carbocycles. The molecule has 1 atom stereocenters. The van der Waals surface area contributed by atoms with E-state index in [1.54, 1.807) is 23.1 Å². The van der Waals surface area contributed by atoms with Crippen molar-refractivity contribution in [3.05, 3.63) is 33.8 Å². The highest BCUT2D eigenvalue weighted by Gasteiger charge is 2.27. The molecule has 2 rings (SSSR count). The molecule has 1 unspecified atom stereocenters. The zero-order valence-corrected chi connectivity index (χ0v) is 12.6. The summed E-state index contributed by atoms with van der Waals surface area (Å²) < 4.78 is 5.36. The first-order valence-electron chi connectivity index (χ1n) is 5.52. The van der Waals surface area contributed by atoms with Crippen molar-refractivity contribution in [1.82, 2.24) is 4.90 Å². The summed E-state index contributed by atoms with van der Waals surface area (Å²) in [6.07, 6.45) is 0. The SMILES string of the molecule is O=C(c1cc(Cl)cc(Cl)c1)N1CCOCC1CBr. The topological polar surface area (TPSA) is 29.5 Å². The molecule has 1 heterocycles. The fourth-order valence-electron chi connectivity index (χ4n) is 1.89. The number of nitrogens with zero attached hydrogens (tertiary/aromatic N) is 1. The Morgan fingerprint density at radius 3 is 2.67 bits per heavy atom. The molecular formula is C12H12BrCl2NO2. The van der Waals surface area contributed by atoms with Crippen LogP contribution in [-0.2, 0) is 4.74 Å². The summed E-state index contributed by atoms with van der Waals surface area (Å²) in [6, 6.07) is 4.93. The molecule has 1 saturated heterocycles. The fraction of sp³-hybridized carbons (Fsp3) is 0.417. The van der Waals surface area contributed by atoms with Crippen molar-refractivity contribution in [2.24, 2.45) is 0 Å². The lowest BCUT2D eigenvalue weighted by molar-refractivity contribution is 0.00525. The fourth-order valence-corrected chi connectivity index (χ4v) is 2.96. The first-order valence-corrected chi connectivity index (χ1v) is 7.40. The van der Waals surface area contributed by atoms with E-state index in [0.717, 1.165) is 0 Å². The maximum absolute atomic E-state index is 12.4. The maximum Gasteiger partial charge on any atom is 0.254 e. The second-order valence-electron chi connectivity index (χ2n) is 4.04. The van der Waals surface area contributed by atoms with E-state index in [4.69, 9.17) is 27.9 Å². The molecule has 18 heavy (non-hydrogen) atoms. The number of halogens is 3. The van der Waals surface area contributed by atoms with Gasteiger partial charge in [0.25, 0.3) is 5.91 Å². The van der Waals surface area contributed by atoms with E-state index in [9.17, 15) is 4.79 Å². The van der Waals surface area contributed by atoms with Crippen molar-refractivity contribution in [3.8, 4) is 0 Å². The molecule has 0 aliphatic carbocycles. The summed E-state index contributed by atoms with van der Waals surface area (Å²) in [5, 5.41) is 1.62. The Bertz CT molecular complexity index is 435. The van der Waals surface area contributed by atoms with Crippen molar-refractivity contribution in [3.63, 3.8) is 0 Å². The Morgan fingerprint density at radius 2 is 2.06 bits per heavy atom. The van der Waals surface area contributed by atoms with E-state index in [-0.39, 0.29) is 11.9 Å². The molecule has 1 aromatic rings. The molecule has 1 aromatic carbocycles. The average Bonchev–Trinajstić information content (AvgIpc) is 2.36. The van der Waals surface area contributed by atoms with E-state index >= 15 is 0 Å². The van der Waals surface area contributed by atoms with Gasteiger partial charge in [-0.1, -0.05) is 39.1 Å². The molecule has 0 spiro atoms. The Morgan fingerprint density at radius 1 is 1.39 bits per heavy atom. The van der Waals surface area contributed by atoms with Crippen LogP contribution in [0.4, 0.5) is 0 Å². The van der Waals surface area contributed by atoms with Gasteiger partial charge in [-0.05, 0) is 18.2 Å². The number of hydrogen-bond donors (Lipinski definition) is 0. The predicted molar refractivity (Wildman–Crippen MR) is 75.9 cm³/mol. The smallest absolute Gasteiger partial charge is 0.254 e. The summed E-state index contributed by atoms with van der Waals surface area (Å²) in [6.45, 7) is 1.69. The summed E-state index contributed by atoms with van der Waals surface area (Å²) in [5.41, 5.74) is 0.514. The number of carbonyl (C=O) groups excluding carboxylic acids is 1. The quantitative estimate of drug-likeness (QED) is 0.765. The van der Waals surface area contributed by atoms with E-state index in [1.165, 1.54) is 0 Å². The number of ether oxygens (including phenoxy) is 1. The minimum Gasteiger partial charge on any atom is -0.377 e. The first-order chi connectivity index (χ1) is 8.61. The molecule has 1 aliphatic rings. The van der Waals surface area contributed by atoms with Crippen molar-refractivity contribution in [2.45, 2.75) is 6.04 Å². The van der Waals surface area contributed by atoms with Gasteiger partial charge >= 0.3 is 0 Å². The summed E-state index contributed by atoms with van der Waals surface area (Å²) >= 11 is 15.2. The summed E-state index contributed by atoms with van der Waals surface area (Å²) in [5.74, 6) is -0.0628. The number of hydrogen-bond acceptors (Lipinski definition) is 2. The lowest BCUT2D eigenvalue weighted by Gasteiger charge is -2.34. The normalized spacial score (nSPS) is 19.9. The van der Waals surface area contributed by atoms with Gasteiger partial charge in [-0.15, -0.1) is 0 Å². The van der Waals surface area contributed by atoms with Gasteiger partial charge in [0.2, 0.25) is 0 Å². The minimum absolute atomic E-state index is 0.0454. The van der Waals surface area contributed by atoms with Crippen LogP contribution in [0.5, 0.6) is 0 Å². The third-order valence-corrected chi connectivity index (χ3v) is 3.96. The van der Waals surface area contributed by atoms with E-state index in [2.05, 4.69) is 15.9 Å². The number of carbonyl (C=O) groups is 1. The van der Waals surface area contributed by atoms with Crippen LogP contribution >= 0.6 is 39.1 Å². The molecule has 1 amide bonds. The molecule has 0 radical (unpaired) electrons. The molecule has 98 valence electrons. The van der Waals surface area contributed by atoms with Crippen molar-refractivity contribution in [2.75, 3.05) is 25.1 Å². The van der Waals surface area contributed by atoms with Crippen LogP contribution in [0.2, 0.25) is 10.0 Å². The van der Waals surface area contributed by atoms with Crippen LogP contribution in [0.3, 0.4) is 0 Å². The Balaban J connectivity index is 2.23. The van der Waals surface area contributed by atoms with Crippen LogP contribution in [0, 0.1) is 0 Å². The second kappa shape index (κ2) is 6.24. The third kappa shape index (κ3) is 3.18. The summed E-state index contributed by atoms with van der Waals surface area (Å²) in [4.78, 5) is 14.2. The second-order valence-corrected chi connectivity index (χ2v) is 5.56. The molecule has 0 aromatic heterocycles. The lowest BCUT2D eigenvalue weighted by Crippen LogP contribution is -2.49. The van der Waals surface area contributed by atoms with Crippen molar-refractivity contribution in [1.29, 1.82) is 0 Å². The lowest BCUT2D eigenvalue weighted by atomic mass is 10.1. The van der Waals surface area contributed by atoms with E-state index < -0.39 is 0 Å². The van der Waals surface area contributed by atoms with Crippen molar-refractivity contribution >= 4 is 45.0 Å². The van der Waals surface area contributed by atoms with Crippen LogP contribution in [0.15, 0.2) is 18.2 Å². The molecule has 3 nitrogen and oxygen atoms in total. The number of amides is 1. The van der Waals surface area contributed by atoms with Gasteiger partial charge in [0.1, 0.15) is 0 Å². The van der Waals surface area contributed by atoms with Gasteiger partial charge in [0.15, 0.2) is 0 Å².